The zero-order valence-electron chi connectivity index (χ0n) is 12.3. The molecule has 0 saturated carbocycles. The van der Waals surface area contributed by atoms with Crippen molar-refractivity contribution in [3.63, 3.8) is 0 Å². The van der Waals surface area contributed by atoms with Crippen LogP contribution in [0, 0.1) is 6.92 Å². The van der Waals surface area contributed by atoms with Gasteiger partial charge < -0.3 is 10.6 Å². The van der Waals surface area contributed by atoms with Crippen LogP contribution in [0.3, 0.4) is 0 Å². The van der Waals surface area contributed by atoms with E-state index in [2.05, 4.69) is 67.4 Å². The van der Waals surface area contributed by atoms with Gasteiger partial charge in [0, 0.05) is 19.3 Å². The maximum Gasteiger partial charge on any atom is 0.0601 e. The summed E-state index contributed by atoms with van der Waals surface area (Å²) in [6.07, 6.45) is 2.06. The molecule has 0 bridgehead atoms. The second kappa shape index (κ2) is 4.95. The second-order valence-corrected chi connectivity index (χ2v) is 5.90. The van der Waals surface area contributed by atoms with Gasteiger partial charge in [0.15, 0.2) is 0 Å². The van der Waals surface area contributed by atoms with E-state index in [1.807, 2.05) is 0 Å². The lowest BCUT2D eigenvalue weighted by Gasteiger charge is -2.40. The van der Waals surface area contributed by atoms with Crippen molar-refractivity contribution in [2.24, 2.45) is 5.73 Å². The van der Waals surface area contributed by atoms with Crippen LogP contribution < -0.4 is 10.6 Å². The third-order valence-corrected chi connectivity index (χ3v) is 4.73. The molecule has 1 aliphatic rings. The molecule has 0 amide bonds. The first-order valence-corrected chi connectivity index (χ1v) is 7.23. The number of fused-ring (bicyclic) bond motifs is 1. The summed E-state index contributed by atoms with van der Waals surface area (Å²) in [6, 6.07) is 17.3. The van der Waals surface area contributed by atoms with E-state index < -0.39 is 0 Å². The first-order valence-electron chi connectivity index (χ1n) is 7.23. The number of nitrogens with two attached hydrogens (primary N) is 1. The molecule has 1 aliphatic carbocycles. The quantitative estimate of drug-likeness (QED) is 0.925. The number of hydrogen-bond acceptors (Lipinski definition) is 2. The van der Waals surface area contributed by atoms with Crippen LogP contribution in [0.25, 0.3) is 0 Å². The Hall–Kier alpha value is -1.80. The molecular weight excluding hydrogens is 244 g/mol. The van der Waals surface area contributed by atoms with Gasteiger partial charge in [0.1, 0.15) is 0 Å². The molecule has 0 heterocycles. The standard InChI is InChI=1S/C18H22N2/c1-14-7-3-6-10-17(14)20(2)18(13-19)11-15-8-4-5-9-16(15)12-18/h3-10H,11-13,19H2,1-2H3. The van der Waals surface area contributed by atoms with Crippen LogP contribution in [-0.2, 0) is 12.8 Å². The molecule has 0 aliphatic heterocycles. The number of rotatable bonds is 3. The topological polar surface area (TPSA) is 29.3 Å². The Balaban J connectivity index is 1.98. The summed E-state index contributed by atoms with van der Waals surface area (Å²) in [7, 11) is 2.18. The van der Waals surface area contributed by atoms with E-state index in [1.165, 1.54) is 22.4 Å². The van der Waals surface area contributed by atoms with Gasteiger partial charge >= 0.3 is 0 Å². The van der Waals surface area contributed by atoms with E-state index in [-0.39, 0.29) is 5.54 Å². The van der Waals surface area contributed by atoms with Crippen molar-refractivity contribution >= 4 is 5.69 Å². The summed E-state index contributed by atoms with van der Waals surface area (Å²) in [4.78, 5) is 2.39. The van der Waals surface area contributed by atoms with Crippen molar-refractivity contribution in [2.45, 2.75) is 25.3 Å². The highest BCUT2D eigenvalue weighted by Crippen LogP contribution is 2.36. The highest BCUT2D eigenvalue weighted by molar-refractivity contribution is 5.57. The van der Waals surface area contributed by atoms with Gasteiger partial charge in [0.05, 0.1) is 5.54 Å². The van der Waals surface area contributed by atoms with Crippen molar-refractivity contribution in [3.8, 4) is 0 Å². The zero-order chi connectivity index (χ0) is 14.2. The summed E-state index contributed by atoms with van der Waals surface area (Å²) in [5.41, 5.74) is 11.7. The number of para-hydroxylation sites is 1. The normalized spacial score (nSPS) is 15.9. The van der Waals surface area contributed by atoms with Crippen LogP contribution in [0.1, 0.15) is 16.7 Å². The van der Waals surface area contributed by atoms with Crippen LogP contribution in [-0.4, -0.2) is 19.1 Å². The van der Waals surface area contributed by atoms with Gasteiger partial charge in [-0.05, 0) is 42.5 Å². The summed E-state index contributed by atoms with van der Waals surface area (Å²) >= 11 is 0. The second-order valence-electron chi connectivity index (χ2n) is 5.90. The molecule has 0 radical (unpaired) electrons. The Morgan fingerprint density at radius 2 is 1.55 bits per heavy atom. The van der Waals surface area contributed by atoms with E-state index in [1.54, 1.807) is 0 Å². The minimum Gasteiger partial charge on any atom is -0.367 e. The third kappa shape index (κ3) is 2.01. The first-order chi connectivity index (χ1) is 9.66. The van der Waals surface area contributed by atoms with Crippen molar-refractivity contribution < 1.29 is 0 Å². The van der Waals surface area contributed by atoms with Crippen molar-refractivity contribution in [2.75, 3.05) is 18.5 Å². The van der Waals surface area contributed by atoms with Gasteiger partial charge in [0.25, 0.3) is 0 Å². The molecule has 0 unspecified atom stereocenters. The number of hydrogen-bond donors (Lipinski definition) is 1. The van der Waals surface area contributed by atoms with Crippen LogP contribution in [0.2, 0.25) is 0 Å². The molecule has 2 aromatic rings. The molecule has 2 nitrogen and oxygen atoms in total. The number of likely N-dealkylation sites (N-methyl/N-ethyl adjacent to an activating group) is 1. The average molecular weight is 266 g/mol. The fourth-order valence-electron chi connectivity index (χ4n) is 3.39. The van der Waals surface area contributed by atoms with Crippen LogP contribution in [0.5, 0.6) is 0 Å². The predicted molar refractivity (Wildman–Crippen MR) is 85.2 cm³/mol. The van der Waals surface area contributed by atoms with Crippen LogP contribution in [0.4, 0.5) is 5.69 Å². The van der Waals surface area contributed by atoms with E-state index in [4.69, 9.17) is 5.73 Å². The van der Waals surface area contributed by atoms with E-state index in [9.17, 15) is 0 Å². The fraction of sp³-hybridized carbons (Fsp3) is 0.333. The predicted octanol–water partition coefficient (Wildman–Crippen LogP) is 2.93. The molecule has 0 saturated heterocycles. The van der Waals surface area contributed by atoms with Gasteiger partial charge in [0.2, 0.25) is 0 Å². The molecule has 0 fully saturated rings. The molecule has 104 valence electrons. The smallest absolute Gasteiger partial charge is 0.0601 e. The Morgan fingerprint density at radius 3 is 2.10 bits per heavy atom. The maximum absolute atomic E-state index is 6.19. The Morgan fingerprint density at radius 1 is 1.00 bits per heavy atom. The molecule has 2 aromatic carbocycles. The van der Waals surface area contributed by atoms with Gasteiger partial charge in [-0.3, -0.25) is 0 Å². The number of nitrogens with zero attached hydrogens (tertiary/aromatic N) is 1. The van der Waals surface area contributed by atoms with Gasteiger partial charge in [-0.2, -0.15) is 0 Å². The van der Waals surface area contributed by atoms with Crippen molar-refractivity contribution in [1.82, 2.24) is 0 Å². The minimum atomic E-state index is 0.00972. The maximum atomic E-state index is 6.19. The van der Waals surface area contributed by atoms with Crippen LogP contribution in [0.15, 0.2) is 48.5 Å². The summed E-state index contributed by atoms with van der Waals surface area (Å²) in [5.74, 6) is 0. The van der Waals surface area contributed by atoms with Crippen LogP contribution >= 0.6 is 0 Å². The van der Waals surface area contributed by atoms with Gasteiger partial charge in [-0.1, -0.05) is 42.5 Å². The highest BCUT2D eigenvalue weighted by Gasteiger charge is 2.39. The largest absolute Gasteiger partial charge is 0.367 e. The molecule has 3 rings (SSSR count). The Kier molecular flexibility index (Phi) is 3.27. The zero-order valence-corrected chi connectivity index (χ0v) is 12.3. The molecule has 2 N–H and O–H groups in total. The van der Waals surface area contributed by atoms with Crippen molar-refractivity contribution in [3.05, 3.63) is 65.2 Å². The molecule has 0 spiro atoms. The number of benzene rings is 2. The van der Waals surface area contributed by atoms with Gasteiger partial charge in [-0.25, -0.2) is 0 Å². The SMILES string of the molecule is Cc1ccccc1N(C)C1(CN)Cc2ccccc2C1. The van der Waals surface area contributed by atoms with Crippen molar-refractivity contribution in [1.29, 1.82) is 0 Å². The highest BCUT2D eigenvalue weighted by atomic mass is 15.2. The molecular formula is C18H22N2. The fourth-order valence-corrected chi connectivity index (χ4v) is 3.39. The molecule has 20 heavy (non-hydrogen) atoms. The lowest BCUT2D eigenvalue weighted by molar-refractivity contribution is 0.434. The Bertz CT molecular complexity index is 593. The monoisotopic (exact) mass is 266 g/mol. The summed E-state index contributed by atoms with van der Waals surface area (Å²) in [5, 5.41) is 0. The summed E-state index contributed by atoms with van der Waals surface area (Å²) in [6.45, 7) is 2.84. The van der Waals surface area contributed by atoms with Gasteiger partial charge in [-0.15, -0.1) is 0 Å². The summed E-state index contributed by atoms with van der Waals surface area (Å²) < 4.78 is 0. The van der Waals surface area contributed by atoms with E-state index in [0.717, 1.165) is 12.8 Å². The first kappa shape index (κ1) is 13.2. The average Bonchev–Trinajstić information content (AvgIpc) is 2.87. The lowest BCUT2D eigenvalue weighted by atomic mass is 9.92. The third-order valence-electron chi connectivity index (χ3n) is 4.73. The van der Waals surface area contributed by atoms with E-state index >= 15 is 0 Å². The molecule has 0 aromatic heterocycles. The lowest BCUT2D eigenvalue weighted by Crippen LogP contribution is -2.53. The number of anilines is 1. The van der Waals surface area contributed by atoms with E-state index in [0.29, 0.717) is 6.54 Å². The number of aryl methyl sites for hydroxylation is 1. The molecule has 0 atom stereocenters. The Labute approximate surface area is 121 Å². The minimum absolute atomic E-state index is 0.00972. The molecule has 2 heteroatoms.